The van der Waals surface area contributed by atoms with Crippen LogP contribution in [-0.4, -0.2) is 24.8 Å². The van der Waals surface area contributed by atoms with Crippen molar-refractivity contribution < 1.29 is 19.5 Å². The zero-order valence-corrected chi connectivity index (χ0v) is 16.2. The molecule has 1 aliphatic heterocycles. The lowest BCUT2D eigenvalue weighted by Crippen LogP contribution is -2.70. The van der Waals surface area contributed by atoms with Crippen LogP contribution in [0.25, 0.3) is 11.0 Å². The lowest BCUT2D eigenvalue weighted by Gasteiger charge is -2.64. The largest absolute Gasteiger partial charge is 0.521 e. The minimum Gasteiger partial charge on any atom is -0.464 e. The summed E-state index contributed by atoms with van der Waals surface area (Å²) in [5, 5.41) is 1.21. The molecule has 1 saturated heterocycles. The van der Waals surface area contributed by atoms with Gasteiger partial charge in [-0.05, 0) is 55.6 Å². The van der Waals surface area contributed by atoms with Crippen LogP contribution >= 0.6 is 0 Å². The first-order chi connectivity index (χ1) is 12.3. The minimum absolute atomic E-state index is 0.0538. The van der Waals surface area contributed by atoms with Crippen molar-refractivity contribution in [3.63, 3.8) is 0 Å². The van der Waals surface area contributed by atoms with Gasteiger partial charge in [0, 0.05) is 17.4 Å². The predicted molar refractivity (Wildman–Crippen MR) is 101 cm³/mol. The van der Waals surface area contributed by atoms with Gasteiger partial charge in [0.1, 0.15) is 11.5 Å². The Hall–Kier alpha value is -1.30. The standard InChI is InChI=1S/C21H28BNO3/c1-12-6-5-7-15-19(12)13(11-24-15)8-18(23)22-25-17-10-14-9-16(20(14,2)3)21(17,4)26-22/h5-7,11,14,16-18H,8-10,23H2,1-4H3/p+1/t14-,16-,17+,18-,21-/m0/s1. The molecule has 2 aromatic rings. The second kappa shape index (κ2) is 5.37. The van der Waals surface area contributed by atoms with Crippen molar-refractivity contribution in [1.82, 2.24) is 0 Å². The molecule has 3 aliphatic carbocycles. The van der Waals surface area contributed by atoms with Gasteiger partial charge in [0.25, 0.3) is 0 Å². The first-order valence-electron chi connectivity index (χ1n) is 9.92. The Labute approximate surface area is 155 Å². The zero-order valence-electron chi connectivity index (χ0n) is 16.2. The number of quaternary nitrogens is 1. The summed E-state index contributed by atoms with van der Waals surface area (Å²) in [5.74, 6) is 1.42. The summed E-state index contributed by atoms with van der Waals surface area (Å²) >= 11 is 0. The molecule has 4 aliphatic rings. The van der Waals surface area contributed by atoms with Crippen LogP contribution in [0.5, 0.6) is 0 Å². The molecule has 3 saturated carbocycles. The Morgan fingerprint density at radius 1 is 1.27 bits per heavy atom. The first-order valence-corrected chi connectivity index (χ1v) is 9.92. The van der Waals surface area contributed by atoms with E-state index in [-0.39, 0.29) is 24.8 Å². The van der Waals surface area contributed by atoms with Gasteiger partial charge in [0.05, 0.1) is 18.0 Å². The predicted octanol–water partition coefficient (Wildman–Crippen LogP) is 3.16. The fraction of sp³-hybridized carbons (Fsp3) is 0.619. The first kappa shape index (κ1) is 16.8. The third kappa shape index (κ3) is 2.14. The molecule has 26 heavy (non-hydrogen) atoms. The lowest BCUT2D eigenvalue weighted by atomic mass is 9.43. The number of hydrogen-bond donors (Lipinski definition) is 1. The van der Waals surface area contributed by atoms with Gasteiger partial charge < -0.3 is 19.5 Å². The van der Waals surface area contributed by atoms with E-state index in [2.05, 4.69) is 39.5 Å². The van der Waals surface area contributed by atoms with Crippen molar-refractivity contribution in [1.29, 1.82) is 0 Å². The highest BCUT2D eigenvalue weighted by molar-refractivity contribution is 6.46. The van der Waals surface area contributed by atoms with Crippen molar-refractivity contribution in [3.8, 4) is 0 Å². The van der Waals surface area contributed by atoms with Crippen LogP contribution in [0.3, 0.4) is 0 Å². The van der Waals surface area contributed by atoms with Crippen LogP contribution in [0, 0.1) is 24.2 Å². The molecule has 0 radical (unpaired) electrons. The van der Waals surface area contributed by atoms with Gasteiger partial charge in [-0.2, -0.15) is 0 Å². The molecule has 4 fully saturated rings. The van der Waals surface area contributed by atoms with Crippen molar-refractivity contribution in [2.24, 2.45) is 17.3 Å². The van der Waals surface area contributed by atoms with Crippen molar-refractivity contribution in [2.75, 3.05) is 0 Å². The minimum atomic E-state index is -0.228. The molecule has 0 unspecified atom stereocenters. The van der Waals surface area contributed by atoms with Crippen molar-refractivity contribution >= 4 is 18.1 Å². The third-order valence-electron chi connectivity index (χ3n) is 7.72. The summed E-state index contributed by atoms with van der Waals surface area (Å²) in [6, 6.07) is 6.19. The molecule has 3 N–H and O–H groups in total. The summed E-state index contributed by atoms with van der Waals surface area (Å²) in [7, 11) is -0.228. The zero-order chi connectivity index (χ0) is 18.3. The molecule has 6 rings (SSSR count). The number of aryl methyl sites for hydroxylation is 1. The lowest BCUT2D eigenvalue weighted by molar-refractivity contribution is -0.397. The summed E-state index contributed by atoms with van der Waals surface area (Å²) in [6.45, 7) is 9.19. The van der Waals surface area contributed by atoms with Crippen molar-refractivity contribution in [2.45, 2.75) is 64.6 Å². The maximum atomic E-state index is 6.58. The topological polar surface area (TPSA) is 59.2 Å². The second-order valence-corrected chi connectivity index (χ2v) is 9.51. The average molecular weight is 354 g/mol. The normalized spacial score (nSPS) is 36.0. The maximum absolute atomic E-state index is 6.58. The summed E-state index contributed by atoms with van der Waals surface area (Å²) in [4.78, 5) is 0. The van der Waals surface area contributed by atoms with Crippen LogP contribution < -0.4 is 5.73 Å². The molecule has 5 atom stereocenters. The van der Waals surface area contributed by atoms with Gasteiger partial charge in [-0.1, -0.05) is 26.0 Å². The SMILES string of the molecule is Cc1cccc2occ(C[C@H]([NH3+])B3O[C@@H]4C[C@@H]5C[C@@H](C5(C)C)[C@]4(C)O3)c12. The molecule has 1 aromatic heterocycles. The van der Waals surface area contributed by atoms with Gasteiger partial charge in [-0.15, -0.1) is 0 Å². The third-order valence-corrected chi connectivity index (χ3v) is 7.72. The summed E-state index contributed by atoms with van der Waals surface area (Å²) < 4.78 is 18.7. The molecule has 0 amide bonds. The molecule has 2 bridgehead atoms. The van der Waals surface area contributed by atoms with E-state index < -0.39 is 0 Å². The van der Waals surface area contributed by atoms with Gasteiger partial charge in [-0.3, -0.25) is 0 Å². The van der Waals surface area contributed by atoms with Crippen molar-refractivity contribution in [3.05, 3.63) is 35.6 Å². The van der Waals surface area contributed by atoms with Gasteiger partial charge in [0.2, 0.25) is 0 Å². The van der Waals surface area contributed by atoms with Gasteiger partial charge in [-0.25, -0.2) is 0 Å². The Morgan fingerprint density at radius 2 is 2.08 bits per heavy atom. The number of furan rings is 1. The smallest absolute Gasteiger partial charge is 0.464 e. The Morgan fingerprint density at radius 3 is 2.85 bits per heavy atom. The molecular weight excluding hydrogens is 325 g/mol. The number of hydrogen-bond acceptors (Lipinski definition) is 3. The summed E-state index contributed by atoms with van der Waals surface area (Å²) in [6.07, 6.45) is 5.30. The molecule has 138 valence electrons. The number of fused-ring (bicyclic) bond motifs is 1. The van der Waals surface area contributed by atoms with E-state index in [1.807, 2.05) is 18.4 Å². The van der Waals surface area contributed by atoms with Crippen LogP contribution in [0.2, 0.25) is 0 Å². The highest BCUT2D eigenvalue weighted by Crippen LogP contribution is 2.65. The maximum Gasteiger partial charge on any atom is 0.521 e. The highest BCUT2D eigenvalue weighted by Gasteiger charge is 2.68. The quantitative estimate of drug-likeness (QED) is 0.862. The number of rotatable bonds is 3. The summed E-state index contributed by atoms with van der Waals surface area (Å²) in [5.41, 5.74) is 8.01. The molecule has 2 heterocycles. The molecular formula is C21H29BNO3+. The number of benzene rings is 1. The molecule has 0 spiro atoms. The van der Waals surface area contributed by atoms with E-state index in [1.54, 1.807) is 0 Å². The van der Waals surface area contributed by atoms with E-state index in [0.717, 1.165) is 24.3 Å². The monoisotopic (exact) mass is 354 g/mol. The van der Waals surface area contributed by atoms with E-state index in [1.165, 1.54) is 22.9 Å². The van der Waals surface area contributed by atoms with Gasteiger partial charge in [0.15, 0.2) is 0 Å². The highest BCUT2D eigenvalue weighted by atomic mass is 16.7. The fourth-order valence-corrected chi connectivity index (χ4v) is 5.97. The van der Waals surface area contributed by atoms with Crippen LogP contribution in [-0.2, 0) is 15.7 Å². The van der Waals surface area contributed by atoms with E-state index in [4.69, 9.17) is 13.7 Å². The van der Waals surface area contributed by atoms with Gasteiger partial charge >= 0.3 is 7.12 Å². The van der Waals surface area contributed by atoms with Crippen LogP contribution in [0.15, 0.2) is 28.9 Å². The van der Waals surface area contributed by atoms with Crippen LogP contribution in [0.1, 0.15) is 44.7 Å². The molecule has 1 aromatic carbocycles. The molecule has 4 nitrogen and oxygen atoms in total. The average Bonchev–Trinajstić information content (AvgIpc) is 3.15. The Balaban J connectivity index is 1.37. The Kier molecular flexibility index (Phi) is 3.48. The van der Waals surface area contributed by atoms with E-state index >= 15 is 0 Å². The van der Waals surface area contributed by atoms with E-state index in [9.17, 15) is 0 Å². The van der Waals surface area contributed by atoms with Crippen LogP contribution in [0.4, 0.5) is 0 Å². The Bertz CT molecular complexity index is 862. The molecule has 5 heteroatoms. The fourth-order valence-electron chi connectivity index (χ4n) is 5.97. The van der Waals surface area contributed by atoms with E-state index in [0.29, 0.717) is 11.3 Å². The second-order valence-electron chi connectivity index (χ2n) is 9.51.